The SMILES string of the molecule is CCCCCCCCCCCCCCCCC(O)C(=O)OCCCCCCCCCC(C)C. The second kappa shape index (κ2) is 26.0. The van der Waals surface area contributed by atoms with Crippen LogP contribution < -0.4 is 0 Å². The molecule has 0 aromatic rings. The summed E-state index contributed by atoms with van der Waals surface area (Å²) in [6.45, 7) is 7.31. The molecule has 3 heteroatoms. The van der Waals surface area contributed by atoms with E-state index in [1.54, 1.807) is 0 Å². The van der Waals surface area contributed by atoms with Gasteiger partial charge in [-0.15, -0.1) is 0 Å². The fourth-order valence-electron chi connectivity index (χ4n) is 4.46. The van der Waals surface area contributed by atoms with Gasteiger partial charge in [0, 0.05) is 0 Å². The van der Waals surface area contributed by atoms with E-state index in [1.807, 2.05) is 0 Å². The lowest BCUT2D eigenvalue weighted by Crippen LogP contribution is -2.23. The Morgan fingerprint density at radius 1 is 0.576 bits per heavy atom. The van der Waals surface area contributed by atoms with Gasteiger partial charge in [0.15, 0.2) is 6.10 Å². The molecule has 1 unspecified atom stereocenters. The molecule has 0 aliphatic carbocycles. The van der Waals surface area contributed by atoms with E-state index in [0.717, 1.165) is 31.6 Å². The topological polar surface area (TPSA) is 46.5 Å². The average Bonchev–Trinajstić information content (AvgIpc) is 2.80. The minimum atomic E-state index is -0.928. The third-order valence-corrected chi connectivity index (χ3v) is 6.77. The Morgan fingerprint density at radius 2 is 0.939 bits per heavy atom. The van der Waals surface area contributed by atoms with Crippen molar-refractivity contribution in [2.24, 2.45) is 5.92 Å². The normalized spacial score (nSPS) is 12.4. The summed E-state index contributed by atoms with van der Waals surface area (Å²) in [4.78, 5) is 11.9. The number of hydrogen-bond acceptors (Lipinski definition) is 3. The number of rotatable bonds is 26. The Kier molecular flexibility index (Phi) is 25.6. The van der Waals surface area contributed by atoms with Gasteiger partial charge in [-0.25, -0.2) is 4.79 Å². The molecule has 198 valence electrons. The summed E-state index contributed by atoms with van der Waals surface area (Å²) in [7, 11) is 0. The van der Waals surface area contributed by atoms with Crippen molar-refractivity contribution < 1.29 is 14.6 Å². The third kappa shape index (κ3) is 25.9. The summed E-state index contributed by atoms with van der Waals surface area (Å²) in [5.74, 6) is 0.405. The molecule has 0 fully saturated rings. The van der Waals surface area contributed by atoms with Gasteiger partial charge < -0.3 is 9.84 Å². The number of aliphatic hydroxyl groups is 1. The van der Waals surface area contributed by atoms with Crippen LogP contribution in [0.3, 0.4) is 0 Å². The van der Waals surface area contributed by atoms with E-state index >= 15 is 0 Å². The quantitative estimate of drug-likeness (QED) is 0.101. The van der Waals surface area contributed by atoms with E-state index in [9.17, 15) is 9.90 Å². The van der Waals surface area contributed by atoms with Gasteiger partial charge >= 0.3 is 5.97 Å². The molecule has 0 radical (unpaired) electrons. The Balaban J connectivity index is 3.30. The van der Waals surface area contributed by atoms with Gasteiger partial charge in [0.05, 0.1) is 6.61 Å². The maximum absolute atomic E-state index is 11.9. The summed E-state index contributed by atoms with van der Waals surface area (Å²) in [5, 5.41) is 10.00. The molecule has 3 nitrogen and oxygen atoms in total. The first-order chi connectivity index (χ1) is 16.1. The first-order valence-corrected chi connectivity index (χ1v) is 14.9. The molecule has 0 aromatic heterocycles. The van der Waals surface area contributed by atoms with Gasteiger partial charge in [0.1, 0.15) is 0 Å². The molecule has 0 bridgehead atoms. The van der Waals surface area contributed by atoms with Gasteiger partial charge in [-0.3, -0.25) is 0 Å². The van der Waals surface area contributed by atoms with E-state index in [0.29, 0.717) is 13.0 Å². The minimum Gasteiger partial charge on any atom is -0.464 e. The molecule has 0 aromatic carbocycles. The first kappa shape index (κ1) is 32.4. The lowest BCUT2D eigenvalue weighted by molar-refractivity contribution is -0.154. The lowest BCUT2D eigenvalue weighted by Gasteiger charge is -2.10. The maximum Gasteiger partial charge on any atom is 0.334 e. The van der Waals surface area contributed by atoms with Gasteiger partial charge in [-0.2, -0.15) is 0 Å². The molecule has 0 heterocycles. The van der Waals surface area contributed by atoms with E-state index in [1.165, 1.54) is 116 Å². The second-order valence-corrected chi connectivity index (χ2v) is 10.7. The van der Waals surface area contributed by atoms with Crippen molar-refractivity contribution in [1.29, 1.82) is 0 Å². The highest BCUT2D eigenvalue weighted by atomic mass is 16.5. The van der Waals surface area contributed by atoms with Crippen molar-refractivity contribution in [1.82, 2.24) is 0 Å². The standard InChI is InChI=1S/C30H60O3/c1-4-5-6-7-8-9-10-11-12-13-14-17-20-23-26-29(31)30(32)33-27-24-21-18-15-16-19-22-25-28(2)3/h28-29,31H,4-27H2,1-3H3. The number of carbonyl (C=O) groups is 1. The van der Waals surface area contributed by atoms with Crippen LogP contribution in [0.25, 0.3) is 0 Å². The molecule has 0 aliphatic heterocycles. The molecule has 0 rings (SSSR count). The van der Waals surface area contributed by atoms with Gasteiger partial charge in [-0.05, 0) is 18.8 Å². The third-order valence-electron chi connectivity index (χ3n) is 6.77. The van der Waals surface area contributed by atoms with E-state index in [-0.39, 0.29) is 0 Å². The molecule has 33 heavy (non-hydrogen) atoms. The second-order valence-electron chi connectivity index (χ2n) is 10.7. The Labute approximate surface area is 207 Å². The number of unbranched alkanes of at least 4 members (excludes halogenated alkanes) is 19. The number of hydrogen-bond donors (Lipinski definition) is 1. The fraction of sp³-hybridized carbons (Fsp3) is 0.967. The van der Waals surface area contributed by atoms with Crippen molar-refractivity contribution >= 4 is 5.97 Å². The molecule has 0 saturated heterocycles. The van der Waals surface area contributed by atoms with Crippen LogP contribution in [0.4, 0.5) is 0 Å². The molecule has 0 aliphatic rings. The molecule has 0 amide bonds. The molecule has 1 N–H and O–H groups in total. The number of aliphatic hydroxyl groups excluding tert-OH is 1. The maximum atomic E-state index is 11.9. The summed E-state index contributed by atoms with van der Waals surface area (Å²) in [6, 6.07) is 0. The van der Waals surface area contributed by atoms with Crippen LogP contribution in [-0.4, -0.2) is 23.8 Å². The zero-order valence-corrected chi connectivity index (χ0v) is 22.9. The van der Waals surface area contributed by atoms with Crippen molar-refractivity contribution in [3.05, 3.63) is 0 Å². The lowest BCUT2D eigenvalue weighted by atomic mass is 10.0. The average molecular weight is 469 g/mol. The molecule has 0 spiro atoms. The smallest absolute Gasteiger partial charge is 0.334 e. The molecular weight excluding hydrogens is 408 g/mol. The van der Waals surface area contributed by atoms with Gasteiger partial charge in [0.25, 0.3) is 0 Å². The zero-order valence-electron chi connectivity index (χ0n) is 22.9. The minimum absolute atomic E-state index is 0.418. The largest absolute Gasteiger partial charge is 0.464 e. The summed E-state index contributed by atoms with van der Waals surface area (Å²) in [5.41, 5.74) is 0. The number of ether oxygens (including phenoxy) is 1. The van der Waals surface area contributed by atoms with Crippen LogP contribution >= 0.6 is 0 Å². The predicted molar refractivity (Wildman–Crippen MR) is 144 cm³/mol. The monoisotopic (exact) mass is 468 g/mol. The highest BCUT2D eigenvalue weighted by Gasteiger charge is 2.15. The highest BCUT2D eigenvalue weighted by molar-refractivity contribution is 5.74. The Morgan fingerprint density at radius 3 is 1.36 bits per heavy atom. The zero-order chi connectivity index (χ0) is 24.4. The van der Waals surface area contributed by atoms with Crippen LogP contribution in [0.1, 0.15) is 168 Å². The summed E-state index contributed by atoms with van der Waals surface area (Å²) < 4.78 is 5.26. The van der Waals surface area contributed by atoms with Crippen molar-refractivity contribution in [3.63, 3.8) is 0 Å². The summed E-state index contributed by atoms with van der Waals surface area (Å²) >= 11 is 0. The van der Waals surface area contributed by atoms with Crippen molar-refractivity contribution in [2.45, 2.75) is 175 Å². The van der Waals surface area contributed by atoms with Crippen molar-refractivity contribution in [3.8, 4) is 0 Å². The van der Waals surface area contributed by atoms with Gasteiger partial charge in [-0.1, -0.05) is 156 Å². The van der Waals surface area contributed by atoms with E-state index < -0.39 is 12.1 Å². The number of carbonyl (C=O) groups excluding carboxylic acids is 1. The molecule has 0 saturated carbocycles. The Bertz CT molecular complexity index is 394. The van der Waals surface area contributed by atoms with E-state index in [4.69, 9.17) is 4.74 Å². The summed E-state index contributed by atoms with van der Waals surface area (Å²) in [6.07, 6.45) is 28.0. The Hall–Kier alpha value is -0.570. The van der Waals surface area contributed by atoms with Crippen molar-refractivity contribution in [2.75, 3.05) is 6.61 Å². The molecular formula is C30H60O3. The fourth-order valence-corrected chi connectivity index (χ4v) is 4.46. The number of esters is 1. The predicted octanol–water partition coefficient (Wildman–Crippen LogP) is 9.54. The van der Waals surface area contributed by atoms with Gasteiger partial charge in [0.2, 0.25) is 0 Å². The van der Waals surface area contributed by atoms with Crippen LogP contribution in [0.5, 0.6) is 0 Å². The van der Waals surface area contributed by atoms with Crippen LogP contribution in [0.15, 0.2) is 0 Å². The highest BCUT2D eigenvalue weighted by Crippen LogP contribution is 2.15. The first-order valence-electron chi connectivity index (χ1n) is 14.9. The van der Waals surface area contributed by atoms with Crippen LogP contribution in [0.2, 0.25) is 0 Å². The van der Waals surface area contributed by atoms with Crippen LogP contribution in [-0.2, 0) is 9.53 Å². The molecule has 1 atom stereocenters. The van der Waals surface area contributed by atoms with Crippen LogP contribution in [0, 0.1) is 5.92 Å². The van der Waals surface area contributed by atoms with E-state index in [2.05, 4.69) is 20.8 Å².